The molecule has 1 amide bonds. The standard InChI is InChI=1S/C25H27N3O4S/c1-4-20-10-14-22(15-11-20)28(33(30,31)24-8-6-5-7-9-24)18-25(29)27-26-19(2)21-12-16-23(32-3)17-13-21/h5-17H,4,18H2,1-3H3,(H,27,29)/b26-19-. The molecule has 0 fully saturated rings. The summed E-state index contributed by atoms with van der Waals surface area (Å²) in [5.74, 6) is 0.161. The molecule has 0 aliphatic heterocycles. The van der Waals surface area contributed by atoms with Crippen LogP contribution in [0.2, 0.25) is 0 Å². The number of nitrogens with one attached hydrogen (secondary N) is 1. The molecule has 0 heterocycles. The van der Waals surface area contributed by atoms with Crippen LogP contribution in [-0.4, -0.2) is 33.7 Å². The molecule has 3 rings (SSSR count). The van der Waals surface area contributed by atoms with Crippen molar-refractivity contribution in [1.82, 2.24) is 5.43 Å². The number of hydrogen-bond donors (Lipinski definition) is 1. The molecule has 8 heteroatoms. The first-order chi connectivity index (χ1) is 15.8. The molecule has 0 radical (unpaired) electrons. The van der Waals surface area contributed by atoms with E-state index in [4.69, 9.17) is 4.74 Å². The lowest BCUT2D eigenvalue weighted by atomic mass is 10.1. The summed E-state index contributed by atoms with van der Waals surface area (Å²) in [6, 6.07) is 22.4. The van der Waals surface area contributed by atoms with Crippen molar-refractivity contribution in [3.05, 3.63) is 90.0 Å². The maximum absolute atomic E-state index is 13.3. The van der Waals surface area contributed by atoms with Gasteiger partial charge in [-0.25, -0.2) is 13.8 Å². The minimum absolute atomic E-state index is 0.107. The molecular formula is C25H27N3O4S. The number of amides is 1. The summed E-state index contributed by atoms with van der Waals surface area (Å²) in [4.78, 5) is 12.8. The van der Waals surface area contributed by atoms with E-state index in [1.54, 1.807) is 56.5 Å². The highest BCUT2D eigenvalue weighted by molar-refractivity contribution is 7.92. The lowest BCUT2D eigenvalue weighted by Crippen LogP contribution is -2.39. The quantitative estimate of drug-likeness (QED) is 0.382. The number of methoxy groups -OCH3 is 1. The average molecular weight is 466 g/mol. The number of hydrazone groups is 1. The number of sulfonamides is 1. The Balaban J connectivity index is 1.83. The van der Waals surface area contributed by atoms with E-state index >= 15 is 0 Å². The maximum atomic E-state index is 13.3. The number of carbonyl (C=O) groups is 1. The van der Waals surface area contributed by atoms with Gasteiger partial charge in [0.05, 0.1) is 23.4 Å². The van der Waals surface area contributed by atoms with Crippen molar-refractivity contribution in [3.63, 3.8) is 0 Å². The molecule has 1 N–H and O–H groups in total. The van der Waals surface area contributed by atoms with Crippen LogP contribution in [0.25, 0.3) is 0 Å². The normalized spacial score (nSPS) is 11.7. The number of rotatable bonds is 9. The van der Waals surface area contributed by atoms with E-state index in [9.17, 15) is 13.2 Å². The number of benzene rings is 3. The fourth-order valence-electron chi connectivity index (χ4n) is 3.14. The highest BCUT2D eigenvalue weighted by atomic mass is 32.2. The second kappa shape index (κ2) is 10.8. The minimum atomic E-state index is -3.96. The van der Waals surface area contributed by atoms with E-state index in [1.165, 1.54) is 12.1 Å². The number of carbonyl (C=O) groups excluding carboxylic acids is 1. The smallest absolute Gasteiger partial charge is 0.264 e. The number of ether oxygens (including phenoxy) is 1. The van der Waals surface area contributed by atoms with Crippen LogP contribution >= 0.6 is 0 Å². The van der Waals surface area contributed by atoms with E-state index in [1.807, 2.05) is 31.2 Å². The van der Waals surface area contributed by atoms with E-state index in [-0.39, 0.29) is 4.90 Å². The first-order valence-electron chi connectivity index (χ1n) is 10.5. The highest BCUT2D eigenvalue weighted by Gasteiger charge is 2.27. The minimum Gasteiger partial charge on any atom is -0.497 e. The lowest BCUT2D eigenvalue weighted by molar-refractivity contribution is -0.119. The Labute approximate surface area is 194 Å². The molecule has 0 unspecified atom stereocenters. The molecule has 0 atom stereocenters. The Bertz CT molecular complexity index is 1210. The van der Waals surface area contributed by atoms with Gasteiger partial charge >= 0.3 is 0 Å². The van der Waals surface area contributed by atoms with Gasteiger partial charge < -0.3 is 4.74 Å². The fourth-order valence-corrected chi connectivity index (χ4v) is 4.58. The molecular weight excluding hydrogens is 438 g/mol. The van der Waals surface area contributed by atoms with Crippen LogP contribution in [0.5, 0.6) is 5.75 Å². The van der Waals surface area contributed by atoms with Crippen LogP contribution in [-0.2, 0) is 21.2 Å². The molecule has 0 saturated heterocycles. The molecule has 33 heavy (non-hydrogen) atoms. The predicted octanol–water partition coefficient (Wildman–Crippen LogP) is 3.99. The van der Waals surface area contributed by atoms with Crippen molar-refractivity contribution in [2.24, 2.45) is 5.10 Å². The van der Waals surface area contributed by atoms with Crippen molar-refractivity contribution < 1.29 is 17.9 Å². The number of nitrogens with zero attached hydrogens (tertiary/aromatic N) is 2. The lowest BCUT2D eigenvalue weighted by Gasteiger charge is -2.24. The van der Waals surface area contributed by atoms with Crippen LogP contribution in [0.3, 0.4) is 0 Å². The molecule has 0 saturated carbocycles. The molecule has 0 aromatic heterocycles. The third kappa shape index (κ3) is 5.98. The number of anilines is 1. The zero-order valence-corrected chi connectivity index (χ0v) is 19.7. The Morgan fingerprint density at radius 2 is 1.61 bits per heavy atom. The highest BCUT2D eigenvalue weighted by Crippen LogP contribution is 2.24. The van der Waals surface area contributed by atoms with Crippen LogP contribution in [0, 0.1) is 0 Å². The van der Waals surface area contributed by atoms with Crippen LogP contribution in [0.4, 0.5) is 5.69 Å². The Morgan fingerprint density at radius 1 is 0.970 bits per heavy atom. The average Bonchev–Trinajstić information content (AvgIpc) is 2.86. The second-order valence-corrected chi connectivity index (χ2v) is 9.17. The van der Waals surface area contributed by atoms with Gasteiger partial charge in [-0.15, -0.1) is 0 Å². The molecule has 3 aromatic rings. The molecule has 0 aliphatic rings. The summed E-state index contributed by atoms with van der Waals surface area (Å²) in [6.45, 7) is 3.36. The van der Waals surface area contributed by atoms with Gasteiger partial charge in [0.15, 0.2) is 0 Å². The molecule has 7 nitrogen and oxygen atoms in total. The van der Waals surface area contributed by atoms with E-state index in [0.29, 0.717) is 17.1 Å². The molecule has 0 aliphatic carbocycles. The monoisotopic (exact) mass is 465 g/mol. The van der Waals surface area contributed by atoms with Crippen molar-refractivity contribution in [1.29, 1.82) is 0 Å². The Hall–Kier alpha value is -3.65. The fraction of sp³-hybridized carbons (Fsp3) is 0.200. The van der Waals surface area contributed by atoms with Crippen LogP contribution < -0.4 is 14.5 Å². The molecule has 172 valence electrons. The van der Waals surface area contributed by atoms with Crippen molar-refractivity contribution in [2.45, 2.75) is 25.2 Å². The van der Waals surface area contributed by atoms with Gasteiger partial charge in [-0.3, -0.25) is 9.10 Å². The Kier molecular flexibility index (Phi) is 7.84. The van der Waals surface area contributed by atoms with Gasteiger partial charge in [0, 0.05) is 0 Å². The molecule has 0 bridgehead atoms. The van der Waals surface area contributed by atoms with E-state index < -0.39 is 22.5 Å². The second-order valence-electron chi connectivity index (χ2n) is 7.31. The van der Waals surface area contributed by atoms with Crippen LogP contribution in [0.1, 0.15) is 25.0 Å². The third-order valence-electron chi connectivity index (χ3n) is 5.11. The summed E-state index contributed by atoms with van der Waals surface area (Å²) < 4.78 is 32.9. The van der Waals surface area contributed by atoms with Crippen molar-refractivity contribution in [3.8, 4) is 5.75 Å². The van der Waals surface area contributed by atoms with Gasteiger partial charge in [0.25, 0.3) is 15.9 Å². The van der Waals surface area contributed by atoms with Crippen molar-refractivity contribution >= 4 is 27.3 Å². The van der Waals surface area contributed by atoms with Gasteiger partial charge in [-0.1, -0.05) is 37.3 Å². The molecule has 3 aromatic carbocycles. The van der Waals surface area contributed by atoms with E-state index in [0.717, 1.165) is 21.9 Å². The SMILES string of the molecule is CCc1ccc(N(CC(=O)N/N=C(/C)c2ccc(OC)cc2)S(=O)(=O)c2ccccc2)cc1. The summed E-state index contributed by atoms with van der Waals surface area (Å²) in [5.41, 5.74) is 5.33. The zero-order valence-electron chi connectivity index (χ0n) is 18.9. The van der Waals surface area contributed by atoms with Gasteiger partial charge in [-0.2, -0.15) is 5.10 Å². The van der Waals surface area contributed by atoms with Gasteiger partial charge in [-0.05, 0) is 73.0 Å². The Morgan fingerprint density at radius 3 is 2.18 bits per heavy atom. The van der Waals surface area contributed by atoms with Gasteiger partial charge in [0.1, 0.15) is 12.3 Å². The first-order valence-corrected chi connectivity index (χ1v) is 11.9. The topological polar surface area (TPSA) is 88.1 Å². The zero-order chi connectivity index (χ0) is 23.8. The predicted molar refractivity (Wildman–Crippen MR) is 130 cm³/mol. The third-order valence-corrected chi connectivity index (χ3v) is 6.90. The maximum Gasteiger partial charge on any atom is 0.264 e. The summed E-state index contributed by atoms with van der Waals surface area (Å²) in [5, 5.41) is 4.13. The number of hydrogen-bond acceptors (Lipinski definition) is 5. The molecule has 0 spiro atoms. The first kappa shape index (κ1) is 24.0. The summed E-state index contributed by atoms with van der Waals surface area (Å²) in [7, 11) is -2.37. The van der Waals surface area contributed by atoms with Crippen molar-refractivity contribution in [2.75, 3.05) is 18.0 Å². The van der Waals surface area contributed by atoms with E-state index in [2.05, 4.69) is 10.5 Å². The largest absolute Gasteiger partial charge is 0.497 e. The van der Waals surface area contributed by atoms with Crippen LogP contribution in [0.15, 0.2) is 88.9 Å². The van der Waals surface area contributed by atoms with Gasteiger partial charge in [0.2, 0.25) is 0 Å². The summed E-state index contributed by atoms with van der Waals surface area (Å²) >= 11 is 0. The number of aryl methyl sites for hydroxylation is 1. The summed E-state index contributed by atoms with van der Waals surface area (Å²) in [6.07, 6.45) is 0.825.